The van der Waals surface area contributed by atoms with Crippen molar-refractivity contribution in [2.24, 2.45) is 0 Å². The molecule has 2 atom stereocenters. The largest absolute Gasteiger partial charge is 0.348 e. The molecule has 0 bridgehead atoms. The molecular formula is C17H16ClN5O3S. The molecule has 0 unspecified atom stereocenters. The number of aryl methyl sites for hydroxylation is 1. The summed E-state index contributed by atoms with van der Waals surface area (Å²) >= 11 is 6.93. The van der Waals surface area contributed by atoms with E-state index in [1.54, 1.807) is 36.1 Å². The molecule has 2 aliphatic heterocycles. The van der Waals surface area contributed by atoms with E-state index in [0.717, 1.165) is 11.5 Å². The van der Waals surface area contributed by atoms with Gasteiger partial charge >= 0.3 is 6.03 Å². The molecule has 2 aliphatic rings. The topological polar surface area (TPSA) is 95.5 Å². The van der Waals surface area contributed by atoms with Crippen molar-refractivity contribution in [2.75, 3.05) is 11.4 Å². The number of imide groups is 1. The molecule has 2 aromatic rings. The molecule has 0 radical (unpaired) electrons. The lowest BCUT2D eigenvalue weighted by Crippen LogP contribution is -2.49. The molecule has 1 aromatic carbocycles. The summed E-state index contributed by atoms with van der Waals surface area (Å²) in [6.45, 7) is 2.13. The van der Waals surface area contributed by atoms with Gasteiger partial charge in [0.25, 0.3) is 11.8 Å². The number of nitrogens with zero attached hydrogens (tertiary/aromatic N) is 4. The van der Waals surface area contributed by atoms with E-state index in [1.165, 1.54) is 4.90 Å². The van der Waals surface area contributed by atoms with Crippen molar-refractivity contribution in [2.45, 2.75) is 31.8 Å². The molecule has 1 N–H and O–H groups in total. The molecule has 10 heteroatoms. The van der Waals surface area contributed by atoms with Gasteiger partial charge in [-0.25, -0.2) is 9.69 Å². The van der Waals surface area contributed by atoms with Crippen molar-refractivity contribution < 1.29 is 14.4 Å². The van der Waals surface area contributed by atoms with Crippen LogP contribution in [-0.2, 0) is 4.79 Å². The molecule has 2 fully saturated rings. The van der Waals surface area contributed by atoms with Gasteiger partial charge in [0.1, 0.15) is 10.9 Å². The van der Waals surface area contributed by atoms with Gasteiger partial charge in [-0.15, -0.1) is 5.10 Å². The first kappa shape index (κ1) is 17.9. The number of hydrogen-bond donors (Lipinski definition) is 1. The number of hydrogen-bond acceptors (Lipinski definition) is 6. The van der Waals surface area contributed by atoms with Crippen molar-refractivity contribution in [1.82, 2.24) is 19.8 Å². The molecule has 3 heterocycles. The molecule has 0 aliphatic carbocycles. The van der Waals surface area contributed by atoms with Gasteiger partial charge in [-0.05, 0) is 55.6 Å². The maximum atomic E-state index is 12.8. The number of piperidine rings is 1. The summed E-state index contributed by atoms with van der Waals surface area (Å²) in [7, 11) is 0. The van der Waals surface area contributed by atoms with Crippen LogP contribution in [0.5, 0.6) is 0 Å². The van der Waals surface area contributed by atoms with Crippen LogP contribution in [0.1, 0.15) is 28.2 Å². The Labute approximate surface area is 164 Å². The molecule has 140 valence electrons. The second-order valence-corrected chi connectivity index (χ2v) is 7.71. The van der Waals surface area contributed by atoms with Crippen LogP contribution in [-0.4, -0.2) is 51.0 Å². The molecule has 27 heavy (non-hydrogen) atoms. The number of aromatic nitrogens is 2. The first-order valence-electron chi connectivity index (χ1n) is 8.45. The van der Waals surface area contributed by atoms with E-state index in [4.69, 9.17) is 11.6 Å². The Kier molecular flexibility index (Phi) is 4.56. The van der Waals surface area contributed by atoms with E-state index in [-0.39, 0.29) is 23.9 Å². The molecule has 1 aromatic heterocycles. The lowest BCUT2D eigenvalue weighted by Gasteiger charge is -2.32. The van der Waals surface area contributed by atoms with E-state index < -0.39 is 6.04 Å². The average Bonchev–Trinajstić information content (AvgIpc) is 3.18. The second kappa shape index (κ2) is 6.90. The van der Waals surface area contributed by atoms with Gasteiger partial charge in [0.2, 0.25) is 0 Å². The molecule has 8 nitrogen and oxygen atoms in total. The highest BCUT2D eigenvalue weighted by atomic mass is 35.5. The Hall–Kier alpha value is -2.52. The van der Waals surface area contributed by atoms with E-state index in [2.05, 4.69) is 14.9 Å². The van der Waals surface area contributed by atoms with Gasteiger partial charge in [0.05, 0.1) is 11.4 Å². The summed E-state index contributed by atoms with van der Waals surface area (Å²) in [5.41, 5.74) is 1.08. The Morgan fingerprint density at radius 3 is 2.70 bits per heavy atom. The van der Waals surface area contributed by atoms with Crippen LogP contribution in [0.2, 0.25) is 5.02 Å². The van der Waals surface area contributed by atoms with Crippen LogP contribution in [0.15, 0.2) is 24.3 Å². The predicted octanol–water partition coefficient (Wildman–Crippen LogP) is 2.23. The normalized spacial score (nSPS) is 22.1. The molecular weight excluding hydrogens is 390 g/mol. The van der Waals surface area contributed by atoms with Crippen LogP contribution in [0.25, 0.3) is 0 Å². The number of amides is 4. The molecule has 4 amide bonds. The lowest BCUT2D eigenvalue weighted by molar-refractivity contribution is -0.120. The van der Waals surface area contributed by atoms with Crippen molar-refractivity contribution in [3.05, 3.63) is 39.9 Å². The number of nitrogens with one attached hydrogen (secondary N) is 1. The molecule has 0 saturated carbocycles. The van der Waals surface area contributed by atoms with Gasteiger partial charge in [0.15, 0.2) is 0 Å². The van der Waals surface area contributed by atoms with Crippen LogP contribution in [0, 0.1) is 6.92 Å². The Morgan fingerprint density at radius 1 is 1.30 bits per heavy atom. The number of carbonyl (C=O) groups excluding carboxylic acids is 3. The molecule has 0 spiro atoms. The second-order valence-electron chi connectivity index (χ2n) is 6.52. The number of carbonyl (C=O) groups is 3. The Balaban J connectivity index is 1.49. The van der Waals surface area contributed by atoms with Crippen LogP contribution in [0.4, 0.5) is 10.5 Å². The highest BCUT2D eigenvalue weighted by molar-refractivity contribution is 7.08. The van der Waals surface area contributed by atoms with Gasteiger partial charge < -0.3 is 10.2 Å². The maximum absolute atomic E-state index is 12.8. The van der Waals surface area contributed by atoms with Crippen LogP contribution >= 0.6 is 23.1 Å². The molecule has 2 saturated heterocycles. The minimum atomic E-state index is -0.576. The summed E-state index contributed by atoms with van der Waals surface area (Å²) in [6.07, 6.45) is 0.965. The highest BCUT2D eigenvalue weighted by Crippen LogP contribution is 2.31. The minimum Gasteiger partial charge on any atom is -0.348 e. The van der Waals surface area contributed by atoms with Gasteiger partial charge in [-0.2, -0.15) is 0 Å². The van der Waals surface area contributed by atoms with Crippen LogP contribution < -0.4 is 10.2 Å². The maximum Gasteiger partial charge on any atom is 0.332 e. The first-order valence-corrected chi connectivity index (χ1v) is 9.61. The Bertz CT molecular complexity index is 916. The SMILES string of the molecule is Cc1nnsc1C(=O)N[C@H]1CCN2C(=O)N(c3ccc(Cl)cc3)C(=O)[C@@H]2C1. The number of anilines is 1. The third kappa shape index (κ3) is 3.17. The van der Waals surface area contributed by atoms with E-state index in [9.17, 15) is 14.4 Å². The zero-order valence-corrected chi connectivity index (χ0v) is 16.0. The van der Waals surface area contributed by atoms with E-state index >= 15 is 0 Å². The third-order valence-electron chi connectivity index (χ3n) is 4.82. The van der Waals surface area contributed by atoms with Crippen molar-refractivity contribution in [3.63, 3.8) is 0 Å². The summed E-state index contributed by atoms with van der Waals surface area (Å²) in [4.78, 5) is 41.1. The fraction of sp³-hybridized carbons (Fsp3) is 0.353. The van der Waals surface area contributed by atoms with Crippen molar-refractivity contribution in [1.29, 1.82) is 0 Å². The van der Waals surface area contributed by atoms with Gasteiger partial charge in [-0.3, -0.25) is 9.59 Å². The zero-order chi connectivity index (χ0) is 19.1. The minimum absolute atomic E-state index is 0.192. The van der Waals surface area contributed by atoms with Gasteiger partial charge in [0, 0.05) is 17.6 Å². The average molecular weight is 406 g/mol. The van der Waals surface area contributed by atoms with Gasteiger partial charge in [-0.1, -0.05) is 16.1 Å². The fourth-order valence-electron chi connectivity index (χ4n) is 3.45. The number of halogens is 1. The lowest BCUT2D eigenvalue weighted by atomic mass is 9.98. The summed E-state index contributed by atoms with van der Waals surface area (Å²) in [5, 5.41) is 7.31. The fourth-order valence-corrected chi connectivity index (χ4v) is 4.14. The summed E-state index contributed by atoms with van der Waals surface area (Å²) in [6, 6.07) is 5.48. The van der Waals surface area contributed by atoms with Crippen molar-refractivity contribution in [3.8, 4) is 0 Å². The first-order chi connectivity index (χ1) is 13.0. The smallest absolute Gasteiger partial charge is 0.332 e. The number of benzene rings is 1. The highest BCUT2D eigenvalue weighted by Gasteiger charge is 2.48. The standard InChI is InChI=1S/C17H16ClN5O3S/c1-9-14(27-21-20-9)15(24)19-11-6-7-22-13(8-11)16(25)23(17(22)26)12-4-2-10(18)3-5-12/h2-5,11,13H,6-8H2,1H3,(H,19,24)/t11-,13-/m0/s1. The molecule has 4 rings (SSSR count). The summed E-state index contributed by atoms with van der Waals surface area (Å²) in [5.74, 6) is -0.524. The van der Waals surface area contributed by atoms with Crippen LogP contribution in [0.3, 0.4) is 0 Å². The quantitative estimate of drug-likeness (QED) is 0.790. The zero-order valence-electron chi connectivity index (χ0n) is 14.4. The number of fused-ring (bicyclic) bond motifs is 1. The monoisotopic (exact) mass is 405 g/mol. The Morgan fingerprint density at radius 2 is 2.04 bits per heavy atom. The third-order valence-corrected chi connectivity index (χ3v) is 5.90. The van der Waals surface area contributed by atoms with Crippen molar-refractivity contribution >= 4 is 46.7 Å². The summed E-state index contributed by atoms with van der Waals surface area (Å²) < 4.78 is 3.77. The number of rotatable bonds is 3. The number of urea groups is 1. The van der Waals surface area contributed by atoms with E-state index in [0.29, 0.717) is 40.7 Å². The predicted molar refractivity (Wildman–Crippen MR) is 100.0 cm³/mol. The van der Waals surface area contributed by atoms with E-state index in [1.807, 2.05) is 0 Å².